The predicted octanol–water partition coefficient (Wildman–Crippen LogP) is 2.18. The van der Waals surface area contributed by atoms with Gasteiger partial charge in [-0.15, -0.1) is 0 Å². The van der Waals surface area contributed by atoms with E-state index in [1.54, 1.807) is 13.0 Å². The molecular weight excluding hydrogens is 346 g/mol. The van der Waals surface area contributed by atoms with Crippen molar-refractivity contribution in [2.45, 2.75) is 6.92 Å². The molecule has 0 aromatic heterocycles. The van der Waals surface area contributed by atoms with Gasteiger partial charge in [-0.1, -0.05) is 18.2 Å². The zero-order valence-electron chi connectivity index (χ0n) is 13.8. The summed E-state index contributed by atoms with van der Waals surface area (Å²) in [5.41, 5.74) is 0.440. The molecule has 0 fully saturated rings. The molecule has 2 rings (SSSR count). The Morgan fingerprint density at radius 2 is 1.77 bits per heavy atom. The normalized spacial score (nSPS) is 10.1. The Morgan fingerprint density at radius 1 is 1.04 bits per heavy atom. The summed E-state index contributed by atoms with van der Waals surface area (Å²) in [5, 5.41) is 4.45. The highest BCUT2D eigenvalue weighted by molar-refractivity contribution is 5.96. The molecule has 2 N–H and O–H groups in total. The maximum absolute atomic E-state index is 13.6. The Hall–Kier alpha value is -3.29. The molecule has 0 atom stereocenters. The van der Waals surface area contributed by atoms with E-state index in [-0.39, 0.29) is 11.3 Å². The van der Waals surface area contributed by atoms with Crippen LogP contribution in [0.3, 0.4) is 0 Å². The summed E-state index contributed by atoms with van der Waals surface area (Å²) in [6.45, 7) is 0.507. The molecule has 0 heterocycles. The Bertz CT molecular complexity index is 840. The monoisotopic (exact) mass is 362 g/mol. The quantitative estimate of drug-likeness (QED) is 0.772. The van der Waals surface area contributed by atoms with Crippen LogP contribution in [0.1, 0.15) is 15.9 Å². The topological polar surface area (TPSA) is 84.5 Å². The standard InChI is InChI=1S/C18H16F2N2O4/c1-11-6-7-15(14(20)8-11)22-16(23)10-26-17(24)9-21-18(25)12-4-2-3-5-13(12)19/h2-8H,9-10H2,1H3,(H,21,25)(H,22,23). The van der Waals surface area contributed by atoms with Gasteiger partial charge in [0.2, 0.25) is 0 Å². The van der Waals surface area contributed by atoms with E-state index in [0.717, 1.165) is 6.07 Å². The van der Waals surface area contributed by atoms with Crippen LogP contribution in [0.25, 0.3) is 0 Å². The van der Waals surface area contributed by atoms with Crippen molar-refractivity contribution < 1.29 is 27.9 Å². The molecule has 136 valence electrons. The minimum absolute atomic E-state index is 0.0375. The predicted molar refractivity (Wildman–Crippen MR) is 89.5 cm³/mol. The van der Waals surface area contributed by atoms with Crippen molar-refractivity contribution in [3.05, 3.63) is 65.2 Å². The fraction of sp³-hybridized carbons (Fsp3) is 0.167. The third kappa shape index (κ3) is 5.37. The highest BCUT2D eigenvalue weighted by Crippen LogP contribution is 2.15. The van der Waals surface area contributed by atoms with Crippen molar-refractivity contribution in [3.63, 3.8) is 0 Å². The fourth-order valence-electron chi connectivity index (χ4n) is 2.00. The number of benzene rings is 2. The third-order valence-corrected chi connectivity index (χ3v) is 3.27. The van der Waals surface area contributed by atoms with Gasteiger partial charge in [0.1, 0.15) is 18.2 Å². The van der Waals surface area contributed by atoms with E-state index >= 15 is 0 Å². The van der Waals surface area contributed by atoms with Gasteiger partial charge in [-0.25, -0.2) is 8.78 Å². The summed E-state index contributed by atoms with van der Waals surface area (Å²) < 4.78 is 31.7. The number of ether oxygens (including phenoxy) is 1. The minimum Gasteiger partial charge on any atom is -0.454 e. The first-order valence-electron chi connectivity index (χ1n) is 7.61. The maximum atomic E-state index is 13.6. The van der Waals surface area contributed by atoms with E-state index in [0.29, 0.717) is 5.56 Å². The van der Waals surface area contributed by atoms with Crippen LogP contribution in [-0.4, -0.2) is 30.9 Å². The smallest absolute Gasteiger partial charge is 0.325 e. The SMILES string of the molecule is Cc1ccc(NC(=O)COC(=O)CNC(=O)c2ccccc2F)c(F)c1. The fourth-order valence-corrected chi connectivity index (χ4v) is 2.00. The van der Waals surface area contributed by atoms with Gasteiger partial charge >= 0.3 is 5.97 Å². The van der Waals surface area contributed by atoms with Crippen LogP contribution in [0, 0.1) is 18.6 Å². The lowest BCUT2D eigenvalue weighted by atomic mass is 10.2. The summed E-state index contributed by atoms with van der Waals surface area (Å²) >= 11 is 0. The van der Waals surface area contributed by atoms with Gasteiger partial charge in [-0.05, 0) is 36.8 Å². The molecule has 0 aliphatic carbocycles. The number of hydrogen-bond acceptors (Lipinski definition) is 4. The minimum atomic E-state index is -0.894. The summed E-state index contributed by atoms with van der Waals surface area (Å²) in [4.78, 5) is 34.9. The van der Waals surface area contributed by atoms with Gasteiger partial charge in [0, 0.05) is 0 Å². The van der Waals surface area contributed by atoms with E-state index < -0.39 is 42.6 Å². The first-order valence-corrected chi connectivity index (χ1v) is 7.61. The molecule has 0 aliphatic rings. The number of carbonyl (C=O) groups is 3. The number of nitrogens with one attached hydrogen (secondary N) is 2. The zero-order chi connectivity index (χ0) is 19.1. The van der Waals surface area contributed by atoms with E-state index in [4.69, 9.17) is 0 Å². The molecule has 0 radical (unpaired) electrons. The van der Waals surface area contributed by atoms with Crippen molar-refractivity contribution in [2.24, 2.45) is 0 Å². The molecule has 6 nitrogen and oxygen atoms in total. The highest BCUT2D eigenvalue weighted by atomic mass is 19.1. The average Bonchev–Trinajstić information content (AvgIpc) is 2.60. The van der Waals surface area contributed by atoms with E-state index in [9.17, 15) is 23.2 Å². The van der Waals surface area contributed by atoms with Crippen molar-refractivity contribution in [1.29, 1.82) is 0 Å². The molecule has 0 aliphatic heterocycles. The molecule has 0 saturated carbocycles. The number of hydrogen-bond donors (Lipinski definition) is 2. The molecular formula is C18H16F2N2O4. The second kappa shape index (κ2) is 8.70. The second-order valence-corrected chi connectivity index (χ2v) is 5.35. The number of carbonyl (C=O) groups excluding carboxylic acids is 3. The Morgan fingerprint density at radius 3 is 2.46 bits per heavy atom. The van der Waals surface area contributed by atoms with Gasteiger partial charge in [0.05, 0.1) is 11.3 Å². The first kappa shape index (κ1) is 19.0. The van der Waals surface area contributed by atoms with E-state index in [1.807, 2.05) is 0 Å². The molecule has 0 unspecified atom stereocenters. The van der Waals surface area contributed by atoms with Crippen molar-refractivity contribution in [3.8, 4) is 0 Å². The molecule has 2 aromatic rings. The number of rotatable bonds is 6. The van der Waals surface area contributed by atoms with Crippen LogP contribution < -0.4 is 10.6 Å². The van der Waals surface area contributed by atoms with Gasteiger partial charge in [0.15, 0.2) is 6.61 Å². The Labute approximate surface area is 148 Å². The molecule has 2 aromatic carbocycles. The molecule has 2 amide bonds. The summed E-state index contributed by atoms with van der Waals surface area (Å²) in [5.74, 6) is -3.75. The maximum Gasteiger partial charge on any atom is 0.325 e. The lowest BCUT2D eigenvalue weighted by Crippen LogP contribution is -2.32. The van der Waals surface area contributed by atoms with Gasteiger partial charge < -0.3 is 15.4 Å². The second-order valence-electron chi connectivity index (χ2n) is 5.35. The number of halogens is 2. The molecule has 0 spiro atoms. The summed E-state index contributed by atoms with van der Waals surface area (Å²) in [6.07, 6.45) is 0. The molecule has 26 heavy (non-hydrogen) atoms. The number of aryl methyl sites for hydroxylation is 1. The van der Waals surface area contributed by atoms with Crippen LogP contribution in [0.15, 0.2) is 42.5 Å². The number of amides is 2. The first-order chi connectivity index (χ1) is 12.4. The van der Waals surface area contributed by atoms with E-state index in [1.165, 1.54) is 30.3 Å². The summed E-state index contributed by atoms with van der Waals surface area (Å²) in [6, 6.07) is 9.53. The van der Waals surface area contributed by atoms with E-state index in [2.05, 4.69) is 15.4 Å². The number of anilines is 1. The number of esters is 1. The van der Waals surface area contributed by atoms with Crippen LogP contribution >= 0.6 is 0 Å². The average molecular weight is 362 g/mol. The van der Waals surface area contributed by atoms with Crippen molar-refractivity contribution in [2.75, 3.05) is 18.5 Å². The molecule has 0 saturated heterocycles. The van der Waals surface area contributed by atoms with Crippen molar-refractivity contribution >= 4 is 23.5 Å². The van der Waals surface area contributed by atoms with Crippen LogP contribution in [0.5, 0.6) is 0 Å². The lowest BCUT2D eigenvalue weighted by molar-refractivity contribution is -0.146. The largest absolute Gasteiger partial charge is 0.454 e. The highest BCUT2D eigenvalue weighted by Gasteiger charge is 2.14. The Balaban J connectivity index is 1.77. The van der Waals surface area contributed by atoms with Crippen molar-refractivity contribution in [1.82, 2.24) is 5.32 Å². The third-order valence-electron chi connectivity index (χ3n) is 3.27. The van der Waals surface area contributed by atoms with Gasteiger partial charge in [0.25, 0.3) is 11.8 Å². The lowest BCUT2D eigenvalue weighted by Gasteiger charge is -2.09. The zero-order valence-corrected chi connectivity index (χ0v) is 13.8. The van der Waals surface area contributed by atoms with Crippen LogP contribution in [0.2, 0.25) is 0 Å². The van der Waals surface area contributed by atoms with Gasteiger partial charge in [-0.3, -0.25) is 14.4 Å². The Kier molecular flexibility index (Phi) is 6.37. The van der Waals surface area contributed by atoms with Gasteiger partial charge in [-0.2, -0.15) is 0 Å². The molecule has 8 heteroatoms. The molecule has 0 bridgehead atoms. The van der Waals surface area contributed by atoms with Crippen LogP contribution in [-0.2, 0) is 14.3 Å². The van der Waals surface area contributed by atoms with Crippen LogP contribution in [0.4, 0.5) is 14.5 Å². The summed E-state index contributed by atoms with van der Waals surface area (Å²) in [7, 11) is 0.